The Kier molecular flexibility index (Phi) is 4.27. The summed E-state index contributed by atoms with van der Waals surface area (Å²) in [6, 6.07) is 9.59. The molecule has 106 valence electrons. The zero-order valence-electron chi connectivity index (χ0n) is 10.5. The number of anilines is 2. The van der Waals surface area contributed by atoms with Crippen molar-refractivity contribution in [1.82, 2.24) is 0 Å². The summed E-state index contributed by atoms with van der Waals surface area (Å²) in [6.07, 6.45) is 0. The third-order valence-electron chi connectivity index (χ3n) is 2.70. The van der Waals surface area contributed by atoms with Gasteiger partial charge in [0.25, 0.3) is 10.0 Å². The first-order valence-electron chi connectivity index (χ1n) is 5.63. The van der Waals surface area contributed by atoms with Crippen LogP contribution < -0.4 is 10.5 Å². The number of nitrogens with two attached hydrogens (primary N) is 1. The topological polar surface area (TPSA) is 72.2 Å². The molecule has 0 spiro atoms. The van der Waals surface area contributed by atoms with Crippen LogP contribution in [-0.2, 0) is 10.0 Å². The third kappa shape index (κ3) is 3.26. The Morgan fingerprint density at radius 1 is 1.20 bits per heavy atom. The van der Waals surface area contributed by atoms with Crippen molar-refractivity contribution in [2.75, 3.05) is 10.5 Å². The molecule has 0 saturated heterocycles. The molecule has 0 saturated carbocycles. The first-order chi connectivity index (χ1) is 9.29. The van der Waals surface area contributed by atoms with E-state index in [9.17, 15) is 8.42 Å². The van der Waals surface area contributed by atoms with Crippen molar-refractivity contribution in [3.63, 3.8) is 0 Å². The molecular weight excluding hydrogens is 364 g/mol. The van der Waals surface area contributed by atoms with Crippen LogP contribution >= 0.6 is 27.5 Å². The third-order valence-corrected chi connectivity index (χ3v) is 4.85. The monoisotopic (exact) mass is 374 g/mol. The maximum Gasteiger partial charge on any atom is 0.264 e. The van der Waals surface area contributed by atoms with E-state index < -0.39 is 10.0 Å². The Labute approximate surface area is 131 Å². The summed E-state index contributed by atoms with van der Waals surface area (Å²) in [7, 11) is -3.78. The maximum atomic E-state index is 12.4. The van der Waals surface area contributed by atoms with Gasteiger partial charge in [-0.1, -0.05) is 27.5 Å². The standard InChI is InChI=1S/C13H12BrClN2O2S/c1-8-6-9(14)2-5-12(8)17-20(18,19)13-7-10(15)3-4-11(13)16/h2-7,17H,16H2,1H3. The van der Waals surface area contributed by atoms with Gasteiger partial charge in [0.1, 0.15) is 4.90 Å². The molecule has 3 N–H and O–H groups in total. The van der Waals surface area contributed by atoms with Gasteiger partial charge in [0, 0.05) is 9.50 Å². The molecule has 0 amide bonds. The summed E-state index contributed by atoms with van der Waals surface area (Å²) in [4.78, 5) is -0.0349. The smallest absolute Gasteiger partial charge is 0.264 e. The molecule has 2 rings (SSSR count). The quantitative estimate of drug-likeness (QED) is 0.802. The van der Waals surface area contributed by atoms with E-state index in [2.05, 4.69) is 20.7 Å². The molecule has 0 aromatic heterocycles. The normalized spacial score (nSPS) is 11.3. The number of nitrogen functional groups attached to an aromatic ring is 1. The molecule has 0 aliphatic heterocycles. The Balaban J connectivity index is 2.43. The van der Waals surface area contributed by atoms with Crippen molar-refractivity contribution in [3.05, 3.63) is 51.5 Å². The SMILES string of the molecule is Cc1cc(Br)ccc1NS(=O)(=O)c1cc(Cl)ccc1N. The van der Waals surface area contributed by atoms with Crippen molar-refractivity contribution in [1.29, 1.82) is 0 Å². The Morgan fingerprint density at radius 3 is 2.55 bits per heavy atom. The molecule has 0 aliphatic rings. The first kappa shape index (κ1) is 15.2. The van der Waals surface area contributed by atoms with Crippen LogP contribution in [0.15, 0.2) is 45.8 Å². The number of halogens is 2. The van der Waals surface area contributed by atoms with Crippen LogP contribution in [0.1, 0.15) is 5.56 Å². The molecule has 4 nitrogen and oxygen atoms in total. The minimum absolute atomic E-state index is 0.0349. The van der Waals surface area contributed by atoms with Gasteiger partial charge >= 0.3 is 0 Å². The second kappa shape index (κ2) is 5.63. The number of benzene rings is 2. The maximum absolute atomic E-state index is 12.4. The van der Waals surface area contributed by atoms with E-state index >= 15 is 0 Å². The molecule has 0 bridgehead atoms. The van der Waals surface area contributed by atoms with Gasteiger partial charge in [0.2, 0.25) is 0 Å². The van der Waals surface area contributed by atoms with E-state index in [1.54, 1.807) is 18.2 Å². The van der Waals surface area contributed by atoms with Crippen molar-refractivity contribution < 1.29 is 8.42 Å². The highest BCUT2D eigenvalue weighted by atomic mass is 79.9. The van der Waals surface area contributed by atoms with E-state index in [-0.39, 0.29) is 10.6 Å². The highest BCUT2D eigenvalue weighted by Gasteiger charge is 2.18. The lowest BCUT2D eigenvalue weighted by Gasteiger charge is -2.12. The van der Waals surface area contributed by atoms with Crippen LogP contribution in [0.3, 0.4) is 0 Å². The van der Waals surface area contributed by atoms with E-state index in [0.29, 0.717) is 10.7 Å². The summed E-state index contributed by atoms with van der Waals surface area (Å²) in [6.45, 7) is 1.81. The van der Waals surface area contributed by atoms with E-state index in [4.69, 9.17) is 17.3 Å². The van der Waals surface area contributed by atoms with Gasteiger partial charge in [0.05, 0.1) is 11.4 Å². The molecule has 0 fully saturated rings. The number of rotatable bonds is 3. The lowest BCUT2D eigenvalue weighted by molar-refractivity contribution is 0.601. The van der Waals surface area contributed by atoms with Gasteiger partial charge in [-0.05, 0) is 48.9 Å². The molecule has 7 heteroatoms. The lowest BCUT2D eigenvalue weighted by atomic mass is 10.2. The van der Waals surface area contributed by atoms with Crippen molar-refractivity contribution in [2.45, 2.75) is 11.8 Å². The molecule has 0 heterocycles. The Morgan fingerprint density at radius 2 is 1.90 bits per heavy atom. The van der Waals surface area contributed by atoms with Gasteiger partial charge in [-0.3, -0.25) is 4.72 Å². The van der Waals surface area contributed by atoms with Gasteiger partial charge in [-0.2, -0.15) is 0 Å². The highest BCUT2D eigenvalue weighted by Crippen LogP contribution is 2.27. The van der Waals surface area contributed by atoms with Crippen molar-refractivity contribution >= 4 is 48.9 Å². The van der Waals surface area contributed by atoms with Crippen LogP contribution in [0.25, 0.3) is 0 Å². The predicted molar refractivity (Wildman–Crippen MR) is 85.6 cm³/mol. The number of aryl methyl sites for hydroxylation is 1. The fraction of sp³-hybridized carbons (Fsp3) is 0.0769. The van der Waals surface area contributed by atoms with Crippen LogP contribution in [-0.4, -0.2) is 8.42 Å². The lowest BCUT2D eigenvalue weighted by Crippen LogP contribution is -2.15. The minimum Gasteiger partial charge on any atom is -0.398 e. The van der Waals surface area contributed by atoms with Gasteiger partial charge in [-0.15, -0.1) is 0 Å². The number of hydrogen-bond donors (Lipinski definition) is 2. The summed E-state index contributed by atoms with van der Waals surface area (Å²) < 4.78 is 28.1. The molecule has 2 aromatic carbocycles. The fourth-order valence-corrected chi connectivity index (χ4v) is 3.68. The first-order valence-corrected chi connectivity index (χ1v) is 8.29. The van der Waals surface area contributed by atoms with E-state index in [1.807, 2.05) is 13.0 Å². The summed E-state index contributed by atoms with van der Waals surface area (Å²) >= 11 is 9.15. The van der Waals surface area contributed by atoms with Crippen LogP contribution in [0.2, 0.25) is 5.02 Å². The zero-order chi connectivity index (χ0) is 14.9. The van der Waals surface area contributed by atoms with Crippen LogP contribution in [0, 0.1) is 6.92 Å². The molecule has 2 aromatic rings. The van der Waals surface area contributed by atoms with Crippen LogP contribution in [0.5, 0.6) is 0 Å². The van der Waals surface area contributed by atoms with Gasteiger partial charge < -0.3 is 5.73 Å². The summed E-state index contributed by atoms with van der Waals surface area (Å²) in [5.41, 5.74) is 7.14. The fourth-order valence-electron chi connectivity index (χ4n) is 1.68. The molecule has 0 radical (unpaired) electrons. The average molecular weight is 376 g/mol. The molecular formula is C13H12BrClN2O2S. The van der Waals surface area contributed by atoms with E-state index in [0.717, 1.165) is 10.0 Å². The van der Waals surface area contributed by atoms with Crippen LogP contribution in [0.4, 0.5) is 11.4 Å². The predicted octanol–water partition coefficient (Wildman–Crippen LogP) is 3.79. The number of nitrogens with one attached hydrogen (secondary N) is 1. The summed E-state index contributed by atoms with van der Waals surface area (Å²) in [5.74, 6) is 0. The molecule has 20 heavy (non-hydrogen) atoms. The zero-order valence-corrected chi connectivity index (χ0v) is 13.7. The largest absolute Gasteiger partial charge is 0.398 e. The molecule has 0 unspecified atom stereocenters. The molecule has 0 atom stereocenters. The van der Waals surface area contributed by atoms with Gasteiger partial charge in [-0.25, -0.2) is 8.42 Å². The Hall–Kier alpha value is -1.24. The van der Waals surface area contributed by atoms with E-state index in [1.165, 1.54) is 12.1 Å². The van der Waals surface area contributed by atoms with Gasteiger partial charge in [0.15, 0.2) is 0 Å². The van der Waals surface area contributed by atoms with Crippen molar-refractivity contribution in [2.24, 2.45) is 0 Å². The summed E-state index contributed by atoms with van der Waals surface area (Å²) in [5, 5.41) is 0.312. The second-order valence-electron chi connectivity index (χ2n) is 4.25. The Bertz CT molecular complexity index is 763. The molecule has 0 aliphatic carbocycles. The number of hydrogen-bond acceptors (Lipinski definition) is 3. The number of sulfonamides is 1. The second-order valence-corrected chi connectivity index (χ2v) is 7.25. The van der Waals surface area contributed by atoms with Crippen molar-refractivity contribution in [3.8, 4) is 0 Å². The average Bonchev–Trinajstić information content (AvgIpc) is 2.35. The minimum atomic E-state index is -3.78. The highest BCUT2D eigenvalue weighted by molar-refractivity contribution is 9.10.